The molecule has 0 amide bonds. The van der Waals surface area contributed by atoms with Crippen molar-refractivity contribution in [2.24, 2.45) is 0 Å². The molecule has 0 rings (SSSR count). The zero-order valence-corrected chi connectivity index (χ0v) is 43.6. The molecule has 0 fully saturated rings. The van der Waals surface area contributed by atoms with E-state index in [4.69, 9.17) is 9.47 Å². The standard InChI is InChI=1S/C63H100O5/c1-3-5-7-9-11-13-15-17-19-21-22-23-24-25-26-27-28-29-30-31-32-33-34-35-36-37-38-39-40-42-44-46-48-50-52-54-56-58-63(66)68-61(59-64)60-67-62(65)57-55-53-51-49-47-45-43-41-20-18-16-14-12-10-8-6-4-2/h5-8,11-14,17-20,22-23,25-26,28-29,31-32,34-35,37-38,61,64H,3-4,9-10,15-16,21,24,27,30,33,36,39-60H2,1-2H3/b7-5-,8-6-,13-11-,14-12-,19-17-,20-18-,23-22-,26-25-,29-28-,32-31-,35-34-,38-37-. The fourth-order valence-corrected chi connectivity index (χ4v) is 7.09. The SMILES string of the molecule is CC/C=C\C/C=C\C/C=C\C/C=C\C/C=C\C/C=C\C/C=C\C/C=C\C/C=C\CCCCCCCCCCCC(=O)OC(CO)COC(=O)CCCCCCCCC/C=C\C/C=C\C/C=C\CC. The molecule has 0 aliphatic carbocycles. The second-order valence-electron chi connectivity index (χ2n) is 17.5. The summed E-state index contributed by atoms with van der Waals surface area (Å²) in [7, 11) is 0. The van der Waals surface area contributed by atoms with E-state index in [1.165, 1.54) is 64.2 Å². The van der Waals surface area contributed by atoms with Crippen molar-refractivity contribution in [3.63, 3.8) is 0 Å². The Balaban J connectivity index is 3.60. The number of aliphatic hydroxyl groups excluding tert-OH is 1. The Morgan fingerprint density at radius 3 is 0.882 bits per heavy atom. The predicted octanol–water partition coefficient (Wildman–Crippen LogP) is 18.6. The van der Waals surface area contributed by atoms with Crippen LogP contribution in [0.2, 0.25) is 0 Å². The van der Waals surface area contributed by atoms with Crippen molar-refractivity contribution < 1.29 is 24.2 Å². The molecule has 68 heavy (non-hydrogen) atoms. The fraction of sp³-hybridized carbons (Fsp3) is 0.587. The highest BCUT2D eigenvalue weighted by atomic mass is 16.6. The minimum Gasteiger partial charge on any atom is -0.462 e. The molecule has 0 aliphatic heterocycles. The predicted molar refractivity (Wildman–Crippen MR) is 297 cm³/mol. The van der Waals surface area contributed by atoms with Crippen molar-refractivity contribution in [1.29, 1.82) is 0 Å². The van der Waals surface area contributed by atoms with Crippen LogP contribution < -0.4 is 0 Å². The number of ether oxygens (including phenoxy) is 2. The van der Waals surface area contributed by atoms with Gasteiger partial charge in [0.05, 0.1) is 6.61 Å². The summed E-state index contributed by atoms with van der Waals surface area (Å²) in [5, 5.41) is 9.63. The Hall–Kier alpha value is -4.22. The van der Waals surface area contributed by atoms with Crippen LogP contribution in [0, 0.1) is 0 Å². The highest BCUT2D eigenvalue weighted by molar-refractivity contribution is 5.70. The number of hydrogen-bond donors (Lipinski definition) is 1. The maximum atomic E-state index is 12.3. The second kappa shape index (κ2) is 57.1. The van der Waals surface area contributed by atoms with Crippen LogP contribution in [-0.4, -0.2) is 36.4 Å². The molecule has 5 heteroatoms. The Morgan fingerprint density at radius 1 is 0.338 bits per heavy atom. The average Bonchev–Trinajstić information content (AvgIpc) is 3.34. The van der Waals surface area contributed by atoms with Crippen molar-refractivity contribution >= 4 is 11.9 Å². The Bertz CT molecular complexity index is 1480. The van der Waals surface area contributed by atoms with Gasteiger partial charge in [-0.1, -0.05) is 237 Å². The maximum Gasteiger partial charge on any atom is 0.306 e. The van der Waals surface area contributed by atoms with E-state index in [-0.39, 0.29) is 25.2 Å². The summed E-state index contributed by atoms with van der Waals surface area (Å²) in [6.07, 6.45) is 86.6. The Labute approximate surface area is 418 Å². The smallest absolute Gasteiger partial charge is 0.306 e. The van der Waals surface area contributed by atoms with Gasteiger partial charge >= 0.3 is 11.9 Å². The van der Waals surface area contributed by atoms with Crippen molar-refractivity contribution in [2.45, 2.75) is 225 Å². The third-order valence-electron chi connectivity index (χ3n) is 11.1. The monoisotopic (exact) mass is 937 g/mol. The average molecular weight is 937 g/mol. The van der Waals surface area contributed by atoms with E-state index in [9.17, 15) is 14.7 Å². The second-order valence-corrected chi connectivity index (χ2v) is 17.5. The van der Waals surface area contributed by atoms with E-state index in [1.807, 2.05) is 0 Å². The normalized spacial score (nSPS) is 13.4. The van der Waals surface area contributed by atoms with E-state index >= 15 is 0 Å². The molecule has 5 nitrogen and oxygen atoms in total. The van der Waals surface area contributed by atoms with Crippen molar-refractivity contribution in [3.05, 3.63) is 146 Å². The zero-order chi connectivity index (χ0) is 49.2. The van der Waals surface area contributed by atoms with Gasteiger partial charge in [0.15, 0.2) is 6.10 Å². The lowest BCUT2D eigenvalue weighted by Gasteiger charge is -2.15. The van der Waals surface area contributed by atoms with E-state index < -0.39 is 6.10 Å². The molecule has 1 unspecified atom stereocenters. The summed E-state index contributed by atoms with van der Waals surface area (Å²) in [5.74, 6) is -0.618. The minimum atomic E-state index is -0.790. The molecule has 0 radical (unpaired) electrons. The zero-order valence-electron chi connectivity index (χ0n) is 43.6. The maximum absolute atomic E-state index is 12.3. The van der Waals surface area contributed by atoms with Gasteiger partial charge in [0.25, 0.3) is 0 Å². The number of unbranched alkanes of at least 4 members (excludes halogenated alkanes) is 16. The number of carbonyl (C=O) groups is 2. The number of allylic oxidation sites excluding steroid dienone is 24. The van der Waals surface area contributed by atoms with Crippen LogP contribution in [0.3, 0.4) is 0 Å². The molecule has 0 aromatic carbocycles. The largest absolute Gasteiger partial charge is 0.462 e. The van der Waals surface area contributed by atoms with E-state index in [2.05, 4.69) is 160 Å². The van der Waals surface area contributed by atoms with Crippen LogP contribution in [0.25, 0.3) is 0 Å². The van der Waals surface area contributed by atoms with Crippen molar-refractivity contribution in [3.8, 4) is 0 Å². The topological polar surface area (TPSA) is 72.8 Å². The van der Waals surface area contributed by atoms with E-state index in [0.29, 0.717) is 12.8 Å². The number of rotatable bonds is 48. The quantitative estimate of drug-likeness (QED) is 0.0374. The Kier molecular flexibility index (Phi) is 53.6. The third-order valence-corrected chi connectivity index (χ3v) is 11.1. The molecule has 0 saturated heterocycles. The van der Waals surface area contributed by atoms with Gasteiger partial charge in [0.1, 0.15) is 6.61 Å². The minimum absolute atomic E-state index is 0.0819. The summed E-state index contributed by atoms with van der Waals surface area (Å²) in [5.41, 5.74) is 0. The van der Waals surface area contributed by atoms with Crippen LogP contribution in [0.5, 0.6) is 0 Å². The summed E-state index contributed by atoms with van der Waals surface area (Å²) in [6.45, 7) is 3.89. The number of hydrogen-bond acceptors (Lipinski definition) is 5. The molecule has 0 aromatic heterocycles. The molecule has 0 spiro atoms. The first-order valence-electron chi connectivity index (χ1n) is 27.4. The van der Waals surface area contributed by atoms with Gasteiger partial charge in [0.2, 0.25) is 0 Å². The number of carbonyl (C=O) groups excluding carboxylic acids is 2. The lowest BCUT2D eigenvalue weighted by atomic mass is 10.1. The third kappa shape index (κ3) is 54.4. The lowest BCUT2D eigenvalue weighted by molar-refractivity contribution is -0.161. The summed E-state index contributed by atoms with van der Waals surface area (Å²) >= 11 is 0. The summed E-state index contributed by atoms with van der Waals surface area (Å²) in [4.78, 5) is 24.5. The Morgan fingerprint density at radius 2 is 0.588 bits per heavy atom. The fourth-order valence-electron chi connectivity index (χ4n) is 7.09. The van der Waals surface area contributed by atoms with Crippen molar-refractivity contribution in [2.75, 3.05) is 13.2 Å². The van der Waals surface area contributed by atoms with Gasteiger partial charge < -0.3 is 14.6 Å². The van der Waals surface area contributed by atoms with Gasteiger partial charge in [-0.25, -0.2) is 0 Å². The van der Waals surface area contributed by atoms with Crippen LogP contribution in [0.15, 0.2) is 146 Å². The first-order valence-corrected chi connectivity index (χ1v) is 27.4. The summed E-state index contributed by atoms with van der Waals surface area (Å²) in [6, 6.07) is 0. The van der Waals surface area contributed by atoms with Crippen LogP contribution in [0.4, 0.5) is 0 Å². The molecule has 0 aliphatic rings. The van der Waals surface area contributed by atoms with E-state index in [0.717, 1.165) is 128 Å². The molecular weight excluding hydrogens is 837 g/mol. The van der Waals surface area contributed by atoms with Crippen LogP contribution in [0.1, 0.15) is 219 Å². The van der Waals surface area contributed by atoms with Crippen LogP contribution in [-0.2, 0) is 19.1 Å². The molecule has 0 bridgehead atoms. The number of aliphatic hydroxyl groups is 1. The highest BCUT2D eigenvalue weighted by Crippen LogP contribution is 2.14. The first-order chi connectivity index (χ1) is 33.6. The lowest BCUT2D eigenvalue weighted by Crippen LogP contribution is -2.28. The van der Waals surface area contributed by atoms with Gasteiger partial charge in [0, 0.05) is 12.8 Å². The number of esters is 2. The van der Waals surface area contributed by atoms with Crippen molar-refractivity contribution in [1.82, 2.24) is 0 Å². The molecule has 382 valence electrons. The molecule has 0 aromatic rings. The molecular formula is C63H100O5. The van der Waals surface area contributed by atoms with Gasteiger partial charge in [-0.15, -0.1) is 0 Å². The molecule has 1 N–H and O–H groups in total. The van der Waals surface area contributed by atoms with Gasteiger partial charge in [-0.3, -0.25) is 9.59 Å². The summed E-state index contributed by atoms with van der Waals surface area (Å²) < 4.78 is 10.7. The first kappa shape index (κ1) is 63.8. The van der Waals surface area contributed by atoms with E-state index in [1.54, 1.807) is 0 Å². The molecule has 0 heterocycles. The van der Waals surface area contributed by atoms with Gasteiger partial charge in [-0.2, -0.15) is 0 Å². The molecule has 1 atom stereocenters. The highest BCUT2D eigenvalue weighted by Gasteiger charge is 2.16. The van der Waals surface area contributed by atoms with Crippen LogP contribution >= 0.6 is 0 Å². The van der Waals surface area contributed by atoms with Gasteiger partial charge in [-0.05, 0) is 116 Å². The molecule has 0 saturated carbocycles.